The van der Waals surface area contributed by atoms with Crippen molar-refractivity contribution in [1.29, 1.82) is 0 Å². The summed E-state index contributed by atoms with van der Waals surface area (Å²) >= 11 is 0. The number of carbonyl (C=O) groups is 1. The first-order valence-electron chi connectivity index (χ1n) is 5.62. The van der Waals surface area contributed by atoms with Gasteiger partial charge in [0, 0.05) is 12.5 Å². The Labute approximate surface area is 98.1 Å². The molecule has 1 aliphatic heterocycles. The van der Waals surface area contributed by atoms with E-state index in [0.717, 1.165) is 11.1 Å². The number of rotatable bonds is 3. The summed E-state index contributed by atoms with van der Waals surface area (Å²) in [5.74, 6) is 0.266. The molecule has 1 fully saturated rings. The summed E-state index contributed by atoms with van der Waals surface area (Å²) in [6.45, 7) is 16.7. The Kier molecular flexibility index (Phi) is 3.74. The molecule has 0 aromatic carbocycles. The van der Waals surface area contributed by atoms with Gasteiger partial charge in [0.1, 0.15) is 0 Å². The molecule has 2 atom stereocenters. The van der Waals surface area contributed by atoms with Gasteiger partial charge >= 0.3 is 0 Å². The molecule has 1 amide bonds. The van der Waals surface area contributed by atoms with E-state index in [9.17, 15) is 4.79 Å². The lowest BCUT2D eigenvalue weighted by Gasteiger charge is -2.20. The van der Waals surface area contributed by atoms with Crippen molar-refractivity contribution in [3.63, 3.8) is 0 Å². The highest BCUT2D eigenvalue weighted by atomic mass is 16.2. The van der Waals surface area contributed by atoms with Gasteiger partial charge < -0.3 is 5.32 Å². The second-order valence-corrected chi connectivity index (χ2v) is 4.76. The van der Waals surface area contributed by atoms with Crippen LogP contribution < -0.4 is 5.32 Å². The van der Waals surface area contributed by atoms with Gasteiger partial charge in [-0.05, 0) is 33.3 Å². The van der Waals surface area contributed by atoms with Crippen molar-refractivity contribution < 1.29 is 4.79 Å². The lowest BCUT2D eigenvalue weighted by molar-refractivity contribution is -0.121. The summed E-state index contributed by atoms with van der Waals surface area (Å²) in [4.78, 5) is 11.7. The number of hydrogen-bond donors (Lipinski definition) is 1. The monoisotopic (exact) mass is 219 g/mol. The van der Waals surface area contributed by atoms with E-state index in [1.165, 1.54) is 11.1 Å². The number of nitrogens with one attached hydrogen (secondary N) is 1. The van der Waals surface area contributed by atoms with E-state index in [0.29, 0.717) is 6.54 Å². The minimum Gasteiger partial charge on any atom is -0.355 e. The highest BCUT2D eigenvalue weighted by Gasteiger charge is 2.36. The molecule has 1 saturated heterocycles. The van der Waals surface area contributed by atoms with Crippen LogP contribution in [0.25, 0.3) is 0 Å². The minimum absolute atomic E-state index is 0.0747. The SMILES string of the molecule is C=C(C)C(C)=C(C)[C@H]1CNC(=O)[C@@H]1C(=C)C. The minimum atomic E-state index is -0.0747. The predicted molar refractivity (Wildman–Crippen MR) is 68.0 cm³/mol. The third-order valence-corrected chi connectivity index (χ3v) is 3.50. The van der Waals surface area contributed by atoms with Crippen LogP contribution in [0, 0.1) is 11.8 Å². The first kappa shape index (κ1) is 12.8. The smallest absolute Gasteiger partial charge is 0.227 e. The van der Waals surface area contributed by atoms with Crippen LogP contribution in [-0.4, -0.2) is 12.5 Å². The second-order valence-electron chi connectivity index (χ2n) is 4.76. The Morgan fingerprint density at radius 2 is 1.81 bits per heavy atom. The lowest BCUT2D eigenvalue weighted by Crippen LogP contribution is -2.20. The topological polar surface area (TPSA) is 29.1 Å². The van der Waals surface area contributed by atoms with E-state index in [-0.39, 0.29) is 17.7 Å². The van der Waals surface area contributed by atoms with Crippen LogP contribution in [0.4, 0.5) is 0 Å². The summed E-state index contributed by atoms with van der Waals surface area (Å²) in [6.07, 6.45) is 0. The van der Waals surface area contributed by atoms with E-state index in [1.807, 2.05) is 13.8 Å². The van der Waals surface area contributed by atoms with Gasteiger partial charge in [0.2, 0.25) is 5.91 Å². The Balaban J connectivity index is 3.05. The van der Waals surface area contributed by atoms with Crippen LogP contribution in [0.3, 0.4) is 0 Å². The van der Waals surface area contributed by atoms with Crippen LogP contribution in [0.2, 0.25) is 0 Å². The first-order valence-corrected chi connectivity index (χ1v) is 5.62. The number of amides is 1. The molecule has 0 aliphatic carbocycles. The van der Waals surface area contributed by atoms with Gasteiger partial charge in [0.15, 0.2) is 0 Å². The van der Waals surface area contributed by atoms with Crippen LogP contribution in [0.1, 0.15) is 27.7 Å². The number of allylic oxidation sites excluding steroid dienone is 2. The average Bonchev–Trinajstić information content (AvgIpc) is 2.57. The van der Waals surface area contributed by atoms with E-state index in [4.69, 9.17) is 0 Å². The van der Waals surface area contributed by atoms with Gasteiger partial charge in [-0.3, -0.25) is 4.79 Å². The zero-order chi connectivity index (χ0) is 12.5. The molecule has 0 bridgehead atoms. The molecular weight excluding hydrogens is 198 g/mol. The van der Waals surface area contributed by atoms with Gasteiger partial charge in [-0.25, -0.2) is 0 Å². The molecule has 0 spiro atoms. The van der Waals surface area contributed by atoms with Crippen molar-refractivity contribution in [3.05, 3.63) is 35.5 Å². The normalized spacial score (nSPS) is 26.1. The predicted octanol–water partition coefficient (Wildman–Crippen LogP) is 2.84. The van der Waals surface area contributed by atoms with Crippen LogP contribution in [-0.2, 0) is 4.79 Å². The van der Waals surface area contributed by atoms with Gasteiger partial charge in [-0.1, -0.05) is 29.9 Å². The van der Waals surface area contributed by atoms with E-state index >= 15 is 0 Å². The van der Waals surface area contributed by atoms with E-state index in [1.54, 1.807) is 0 Å². The Hall–Kier alpha value is -1.31. The maximum Gasteiger partial charge on any atom is 0.227 e. The van der Waals surface area contributed by atoms with Crippen molar-refractivity contribution >= 4 is 5.91 Å². The van der Waals surface area contributed by atoms with Crippen molar-refractivity contribution in [2.75, 3.05) is 6.54 Å². The Bertz CT molecular complexity index is 376. The summed E-state index contributed by atoms with van der Waals surface area (Å²) in [5, 5.41) is 2.91. The van der Waals surface area contributed by atoms with Crippen molar-refractivity contribution in [3.8, 4) is 0 Å². The first-order chi connectivity index (χ1) is 7.36. The number of hydrogen-bond acceptors (Lipinski definition) is 1. The molecule has 0 radical (unpaired) electrons. The van der Waals surface area contributed by atoms with Crippen LogP contribution in [0.15, 0.2) is 35.5 Å². The zero-order valence-electron chi connectivity index (χ0n) is 10.7. The standard InChI is InChI=1S/C14H21NO/c1-8(2)10(5)11(6)12-7-15-14(16)13(12)9(3)4/h12-13H,1,3,7H2,2,4-6H3,(H,15,16)/t12-,13-/m1/s1. The molecule has 2 heteroatoms. The maximum absolute atomic E-state index is 11.7. The third-order valence-electron chi connectivity index (χ3n) is 3.50. The van der Waals surface area contributed by atoms with Crippen LogP contribution in [0.5, 0.6) is 0 Å². The Morgan fingerprint density at radius 1 is 1.25 bits per heavy atom. The third kappa shape index (κ3) is 2.26. The molecule has 0 aromatic rings. The molecule has 16 heavy (non-hydrogen) atoms. The highest BCUT2D eigenvalue weighted by Crippen LogP contribution is 2.32. The summed E-state index contributed by atoms with van der Waals surface area (Å²) in [6, 6.07) is 0. The molecule has 1 rings (SSSR count). The zero-order valence-corrected chi connectivity index (χ0v) is 10.7. The lowest BCUT2D eigenvalue weighted by atomic mass is 9.82. The quantitative estimate of drug-likeness (QED) is 0.574. The fourth-order valence-corrected chi connectivity index (χ4v) is 2.21. The van der Waals surface area contributed by atoms with Gasteiger partial charge in [-0.15, -0.1) is 0 Å². The Morgan fingerprint density at radius 3 is 2.25 bits per heavy atom. The fraction of sp³-hybridized carbons (Fsp3) is 0.500. The molecule has 0 saturated carbocycles. The molecule has 1 heterocycles. The molecule has 1 N–H and O–H groups in total. The van der Waals surface area contributed by atoms with E-state index in [2.05, 4.69) is 32.3 Å². The maximum atomic E-state index is 11.7. The van der Waals surface area contributed by atoms with Crippen molar-refractivity contribution in [2.45, 2.75) is 27.7 Å². The van der Waals surface area contributed by atoms with E-state index < -0.39 is 0 Å². The highest BCUT2D eigenvalue weighted by molar-refractivity contribution is 5.84. The largest absolute Gasteiger partial charge is 0.355 e. The summed E-state index contributed by atoms with van der Waals surface area (Å²) in [5.41, 5.74) is 4.46. The molecule has 2 nitrogen and oxygen atoms in total. The average molecular weight is 219 g/mol. The van der Waals surface area contributed by atoms with Gasteiger partial charge in [0.05, 0.1) is 5.92 Å². The molecule has 88 valence electrons. The van der Waals surface area contributed by atoms with Crippen LogP contribution >= 0.6 is 0 Å². The molecular formula is C14H21NO. The number of carbonyl (C=O) groups excluding carboxylic acids is 1. The summed E-state index contributed by atoms with van der Waals surface area (Å²) < 4.78 is 0. The van der Waals surface area contributed by atoms with Crippen molar-refractivity contribution in [1.82, 2.24) is 5.32 Å². The fourth-order valence-electron chi connectivity index (χ4n) is 2.21. The summed E-state index contributed by atoms with van der Waals surface area (Å²) in [7, 11) is 0. The molecule has 0 unspecified atom stereocenters. The van der Waals surface area contributed by atoms with Gasteiger partial charge in [-0.2, -0.15) is 0 Å². The molecule has 1 aliphatic rings. The second kappa shape index (κ2) is 4.69. The van der Waals surface area contributed by atoms with Gasteiger partial charge in [0.25, 0.3) is 0 Å². The van der Waals surface area contributed by atoms with Crippen molar-refractivity contribution in [2.24, 2.45) is 11.8 Å². The molecule has 0 aromatic heterocycles.